The number of piperidine rings is 1. The quantitative estimate of drug-likeness (QED) is 0.163. The Morgan fingerprint density at radius 3 is 2.47 bits per heavy atom. The van der Waals surface area contributed by atoms with Gasteiger partial charge in [0.15, 0.2) is 0 Å². The van der Waals surface area contributed by atoms with Crippen LogP contribution in [-0.4, -0.2) is 50.7 Å². The summed E-state index contributed by atoms with van der Waals surface area (Å²) in [6.45, 7) is 5.10. The molecule has 0 radical (unpaired) electrons. The van der Waals surface area contributed by atoms with E-state index in [1.807, 2.05) is 85.9 Å². The molecule has 1 aromatic heterocycles. The van der Waals surface area contributed by atoms with Gasteiger partial charge in [0.25, 0.3) is 5.91 Å². The molecule has 220 valence electrons. The number of benzene rings is 3. The number of thioether (sulfide) groups is 1. The second kappa shape index (κ2) is 12.2. The molecule has 0 bridgehead atoms. The van der Waals surface area contributed by atoms with Crippen LogP contribution in [0.25, 0.3) is 23.0 Å². The van der Waals surface area contributed by atoms with Crippen LogP contribution in [0.2, 0.25) is 0 Å². The van der Waals surface area contributed by atoms with E-state index in [1.54, 1.807) is 32.1 Å². The van der Waals surface area contributed by atoms with Crippen molar-refractivity contribution < 1.29 is 13.2 Å². The Morgan fingerprint density at radius 2 is 1.74 bits per heavy atom. The summed E-state index contributed by atoms with van der Waals surface area (Å²) < 4.78 is 31.1. The zero-order valence-electron chi connectivity index (χ0n) is 24.0. The van der Waals surface area contributed by atoms with Gasteiger partial charge in [0.05, 0.1) is 21.5 Å². The zero-order chi connectivity index (χ0) is 30.1. The first-order chi connectivity index (χ1) is 20.7. The van der Waals surface area contributed by atoms with E-state index in [4.69, 9.17) is 17.3 Å². The highest BCUT2D eigenvalue weighted by molar-refractivity contribution is 8.26. The van der Waals surface area contributed by atoms with Gasteiger partial charge in [-0.3, -0.25) is 9.69 Å². The molecule has 2 saturated heterocycles. The molecule has 6 rings (SSSR count). The molecule has 0 N–H and O–H groups in total. The van der Waals surface area contributed by atoms with Crippen molar-refractivity contribution in [1.82, 2.24) is 19.0 Å². The van der Waals surface area contributed by atoms with Crippen LogP contribution in [0, 0.1) is 5.92 Å². The number of carbonyl (C=O) groups excluding carboxylic acids is 1. The molecule has 1 amide bonds. The number of carbonyl (C=O) groups is 1. The molecule has 2 aliphatic heterocycles. The lowest BCUT2D eigenvalue weighted by Gasteiger charge is -2.30. The molecule has 3 aromatic carbocycles. The van der Waals surface area contributed by atoms with Gasteiger partial charge < -0.3 is 0 Å². The van der Waals surface area contributed by atoms with Crippen LogP contribution in [-0.2, 0) is 14.8 Å². The number of amides is 1. The summed E-state index contributed by atoms with van der Waals surface area (Å²) in [5.41, 5.74) is 3.77. The summed E-state index contributed by atoms with van der Waals surface area (Å²) >= 11 is 6.92. The van der Waals surface area contributed by atoms with E-state index in [0.717, 1.165) is 24.1 Å². The largest absolute Gasteiger partial charge is 0.286 e. The lowest BCUT2D eigenvalue weighted by atomic mass is 10.0. The molecule has 7 nitrogen and oxygen atoms in total. The number of rotatable bonds is 7. The molecule has 0 aliphatic carbocycles. The monoisotopic (exact) mass is 628 g/mol. The Morgan fingerprint density at radius 1 is 1.02 bits per heavy atom. The maximum Gasteiger partial charge on any atom is 0.266 e. The van der Waals surface area contributed by atoms with Gasteiger partial charge in [-0.05, 0) is 61.6 Å². The normalized spacial score (nSPS) is 19.7. The van der Waals surface area contributed by atoms with Crippen molar-refractivity contribution in [3.8, 4) is 16.9 Å². The van der Waals surface area contributed by atoms with Gasteiger partial charge >= 0.3 is 0 Å². The Balaban J connectivity index is 1.40. The smallest absolute Gasteiger partial charge is 0.266 e. The second-order valence-electron chi connectivity index (χ2n) is 11.0. The maximum absolute atomic E-state index is 13.7. The minimum absolute atomic E-state index is 0.166. The molecule has 43 heavy (non-hydrogen) atoms. The number of aromatic nitrogens is 2. The molecular weight excluding hydrogens is 597 g/mol. The van der Waals surface area contributed by atoms with E-state index in [1.165, 1.54) is 11.8 Å². The Labute approximate surface area is 262 Å². The fourth-order valence-corrected chi connectivity index (χ4v) is 8.64. The van der Waals surface area contributed by atoms with Crippen molar-refractivity contribution in [1.29, 1.82) is 0 Å². The standard InChI is InChI=1S/C33H32N4O3S3/c1-23-11-10-18-35(21-23)43(39,40)29-17-9-14-26(19-29)31-27(22-36(34-31)28-15-7-4-8-16-28)20-30-32(38)37(33(41)42-30)24(2)25-12-5-3-6-13-25/h3-9,12-17,19-20,22-24H,10-11,18,21H2,1-2H3/b30-20-. The highest BCUT2D eigenvalue weighted by Gasteiger charge is 2.36. The summed E-state index contributed by atoms with van der Waals surface area (Å²) in [6, 6.07) is 26.2. The Hall–Kier alpha value is -3.57. The number of thiocarbonyl (C=S) groups is 1. The molecule has 10 heteroatoms. The van der Waals surface area contributed by atoms with Gasteiger partial charge in [-0.25, -0.2) is 13.1 Å². The van der Waals surface area contributed by atoms with Crippen LogP contribution in [0.15, 0.2) is 101 Å². The lowest BCUT2D eigenvalue weighted by Crippen LogP contribution is -2.39. The predicted molar refractivity (Wildman–Crippen MR) is 176 cm³/mol. The number of hydrogen-bond acceptors (Lipinski definition) is 6. The van der Waals surface area contributed by atoms with Gasteiger partial charge in [0, 0.05) is 30.4 Å². The third kappa shape index (κ3) is 5.97. The molecule has 3 heterocycles. The number of para-hydroxylation sites is 1. The van der Waals surface area contributed by atoms with Crippen LogP contribution in [0.5, 0.6) is 0 Å². The highest BCUT2D eigenvalue weighted by atomic mass is 32.2. The summed E-state index contributed by atoms with van der Waals surface area (Å²) in [7, 11) is -3.66. The van der Waals surface area contributed by atoms with Gasteiger partial charge in [-0.1, -0.05) is 91.6 Å². The maximum atomic E-state index is 13.7. The first-order valence-electron chi connectivity index (χ1n) is 14.3. The van der Waals surface area contributed by atoms with Crippen LogP contribution in [0.3, 0.4) is 0 Å². The number of sulfonamides is 1. The van der Waals surface area contributed by atoms with E-state index in [0.29, 0.717) is 45.1 Å². The van der Waals surface area contributed by atoms with E-state index < -0.39 is 10.0 Å². The molecule has 2 fully saturated rings. The summed E-state index contributed by atoms with van der Waals surface area (Å²) in [5, 5.41) is 4.88. The molecule has 2 atom stereocenters. The van der Waals surface area contributed by atoms with Crippen molar-refractivity contribution in [2.45, 2.75) is 37.6 Å². The second-order valence-corrected chi connectivity index (χ2v) is 14.6. The van der Waals surface area contributed by atoms with Gasteiger partial charge in [0.2, 0.25) is 10.0 Å². The first kappa shape index (κ1) is 29.5. The van der Waals surface area contributed by atoms with Crippen LogP contribution >= 0.6 is 24.0 Å². The van der Waals surface area contributed by atoms with E-state index in [-0.39, 0.29) is 16.8 Å². The fourth-order valence-electron chi connectivity index (χ4n) is 5.58. The molecule has 0 saturated carbocycles. The Kier molecular flexibility index (Phi) is 8.37. The first-order valence-corrected chi connectivity index (χ1v) is 17.0. The number of nitrogens with zero attached hydrogens (tertiary/aromatic N) is 4. The number of hydrogen-bond donors (Lipinski definition) is 0. The molecular formula is C33H32N4O3S3. The van der Waals surface area contributed by atoms with E-state index in [9.17, 15) is 13.2 Å². The van der Waals surface area contributed by atoms with Crippen LogP contribution < -0.4 is 0 Å². The molecule has 0 spiro atoms. The minimum Gasteiger partial charge on any atom is -0.286 e. The third-order valence-corrected chi connectivity index (χ3v) is 11.1. The SMILES string of the molecule is CC1CCCN(S(=O)(=O)c2cccc(-c3nn(-c4ccccc4)cc3/C=C3\SC(=S)N(C(C)c4ccccc4)C3=O)c2)C1. The van der Waals surface area contributed by atoms with Crippen molar-refractivity contribution in [3.63, 3.8) is 0 Å². The lowest BCUT2D eigenvalue weighted by molar-refractivity contribution is -0.123. The summed E-state index contributed by atoms with van der Waals surface area (Å²) in [5.74, 6) is 0.156. The zero-order valence-corrected chi connectivity index (χ0v) is 26.4. The topological polar surface area (TPSA) is 75.5 Å². The van der Waals surface area contributed by atoms with E-state index >= 15 is 0 Å². The van der Waals surface area contributed by atoms with Gasteiger partial charge in [-0.15, -0.1) is 0 Å². The fraction of sp³-hybridized carbons (Fsp3) is 0.242. The Bertz CT molecular complexity index is 1800. The van der Waals surface area contributed by atoms with Crippen molar-refractivity contribution >= 4 is 50.3 Å². The third-order valence-electron chi connectivity index (χ3n) is 7.91. The van der Waals surface area contributed by atoms with Crippen molar-refractivity contribution in [2.75, 3.05) is 13.1 Å². The molecule has 2 unspecified atom stereocenters. The van der Waals surface area contributed by atoms with Gasteiger partial charge in [-0.2, -0.15) is 9.40 Å². The molecule has 2 aliphatic rings. The minimum atomic E-state index is -3.66. The van der Waals surface area contributed by atoms with Crippen LogP contribution in [0.4, 0.5) is 0 Å². The van der Waals surface area contributed by atoms with Crippen LogP contribution in [0.1, 0.15) is 43.9 Å². The average molecular weight is 629 g/mol. The van der Waals surface area contributed by atoms with Crippen molar-refractivity contribution in [2.24, 2.45) is 5.92 Å². The predicted octanol–water partition coefficient (Wildman–Crippen LogP) is 6.92. The van der Waals surface area contributed by atoms with Gasteiger partial charge in [0.1, 0.15) is 10.0 Å². The van der Waals surface area contributed by atoms with E-state index in [2.05, 4.69) is 6.92 Å². The highest BCUT2D eigenvalue weighted by Crippen LogP contribution is 2.39. The summed E-state index contributed by atoms with van der Waals surface area (Å²) in [6.07, 6.45) is 5.56. The average Bonchev–Trinajstić information content (AvgIpc) is 3.57. The summed E-state index contributed by atoms with van der Waals surface area (Å²) in [4.78, 5) is 16.1. The van der Waals surface area contributed by atoms with Crippen molar-refractivity contribution in [3.05, 3.63) is 107 Å². The molecule has 4 aromatic rings.